The van der Waals surface area contributed by atoms with Gasteiger partial charge < -0.3 is 14.4 Å². The van der Waals surface area contributed by atoms with Crippen LogP contribution >= 0.6 is 0 Å². The van der Waals surface area contributed by atoms with Crippen LogP contribution in [0, 0.1) is 0 Å². The Kier molecular flexibility index (Phi) is 5.02. The molecule has 1 heterocycles. The van der Waals surface area contributed by atoms with Crippen molar-refractivity contribution in [1.29, 1.82) is 0 Å². The van der Waals surface area contributed by atoms with Crippen LogP contribution in [0.15, 0.2) is 36.7 Å². The Morgan fingerprint density at radius 1 is 1.14 bits per heavy atom. The number of aliphatic hydroxyl groups excluding tert-OH is 1. The molecular formula is C17H24N2O2. The topological polar surface area (TPSA) is 47.3 Å². The summed E-state index contributed by atoms with van der Waals surface area (Å²) in [7, 11) is 0. The number of hydrogen-bond donors (Lipinski definition) is 1. The van der Waals surface area contributed by atoms with Crippen molar-refractivity contribution in [2.75, 3.05) is 0 Å². The van der Waals surface area contributed by atoms with Crippen LogP contribution in [0.25, 0.3) is 0 Å². The Balaban J connectivity index is 2.06. The average molecular weight is 288 g/mol. The molecule has 0 aliphatic carbocycles. The predicted octanol–water partition coefficient (Wildman–Crippen LogP) is 3.53. The lowest BCUT2D eigenvalue weighted by Crippen LogP contribution is -2.12. The van der Waals surface area contributed by atoms with E-state index in [1.54, 1.807) is 6.20 Å². The molecule has 1 N–H and O–H groups in total. The van der Waals surface area contributed by atoms with Crippen molar-refractivity contribution >= 4 is 0 Å². The average Bonchev–Trinajstić information content (AvgIpc) is 2.87. The molecule has 0 amide bonds. The molecule has 4 nitrogen and oxygen atoms in total. The minimum Gasteiger partial charge on any atom is -0.491 e. The van der Waals surface area contributed by atoms with Gasteiger partial charge in [0.25, 0.3) is 0 Å². The molecule has 0 bridgehead atoms. The number of benzene rings is 1. The van der Waals surface area contributed by atoms with Gasteiger partial charge in [0.05, 0.1) is 18.8 Å². The van der Waals surface area contributed by atoms with Gasteiger partial charge in [0.1, 0.15) is 11.6 Å². The summed E-state index contributed by atoms with van der Waals surface area (Å²) >= 11 is 0. The third kappa shape index (κ3) is 4.08. The first kappa shape index (κ1) is 15.6. The monoisotopic (exact) mass is 288 g/mol. The molecule has 0 aliphatic rings. The molecule has 0 aliphatic heterocycles. The zero-order valence-corrected chi connectivity index (χ0v) is 13.2. The number of aromatic nitrogens is 2. The Morgan fingerprint density at radius 2 is 1.81 bits per heavy atom. The molecule has 2 rings (SSSR count). The van der Waals surface area contributed by atoms with Gasteiger partial charge in [-0.2, -0.15) is 0 Å². The summed E-state index contributed by atoms with van der Waals surface area (Å²) in [5.41, 5.74) is 0.884. The van der Waals surface area contributed by atoms with Crippen LogP contribution in [0.2, 0.25) is 0 Å². The van der Waals surface area contributed by atoms with Gasteiger partial charge in [0.2, 0.25) is 0 Å². The number of aliphatic hydroxyl groups is 1. The van der Waals surface area contributed by atoms with Crippen LogP contribution in [-0.2, 0) is 6.54 Å². The Bertz CT molecular complexity index is 558. The maximum absolute atomic E-state index is 10.4. The quantitative estimate of drug-likeness (QED) is 0.884. The molecule has 0 spiro atoms. The minimum atomic E-state index is -0.551. The Labute approximate surface area is 126 Å². The van der Waals surface area contributed by atoms with Crippen molar-refractivity contribution in [1.82, 2.24) is 9.55 Å². The molecule has 1 atom stereocenters. The summed E-state index contributed by atoms with van der Waals surface area (Å²) < 4.78 is 7.62. The van der Waals surface area contributed by atoms with Crippen LogP contribution in [-0.4, -0.2) is 20.8 Å². The van der Waals surface area contributed by atoms with E-state index >= 15 is 0 Å². The molecule has 0 saturated carbocycles. The fourth-order valence-corrected chi connectivity index (χ4v) is 2.31. The van der Waals surface area contributed by atoms with E-state index in [0.717, 1.165) is 17.1 Å². The molecule has 21 heavy (non-hydrogen) atoms. The molecule has 1 unspecified atom stereocenters. The summed E-state index contributed by atoms with van der Waals surface area (Å²) in [5, 5.41) is 10.4. The zero-order valence-electron chi connectivity index (χ0n) is 13.2. The predicted molar refractivity (Wildman–Crippen MR) is 83.5 cm³/mol. The third-order valence-electron chi connectivity index (χ3n) is 3.27. The van der Waals surface area contributed by atoms with E-state index in [1.807, 2.05) is 48.9 Å². The lowest BCUT2D eigenvalue weighted by atomic mass is 10.1. The van der Waals surface area contributed by atoms with Gasteiger partial charge in [-0.3, -0.25) is 0 Å². The standard InChI is InChI=1S/C17H24N2O2/c1-12(2)17-18-9-10-19(17)11-16(20)14-5-7-15(8-6-14)21-13(3)4/h5-10,12-13,16,20H,11H2,1-4H3. The van der Waals surface area contributed by atoms with E-state index in [0.29, 0.717) is 12.5 Å². The highest BCUT2D eigenvalue weighted by Gasteiger charge is 2.13. The lowest BCUT2D eigenvalue weighted by Gasteiger charge is -2.16. The third-order valence-corrected chi connectivity index (χ3v) is 3.27. The van der Waals surface area contributed by atoms with Crippen molar-refractivity contribution in [3.05, 3.63) is 48.0 Å². The van der Waals surface area contributed by atoms with Crippen LogP contribution in [0.5, 0.6) is 5.75 Å². The second-order valence-electron chi connectivity index (χ2n) is 5.84. The van der Waals surface area contributed by atoms with Gasteiger partial charge in [0, 0.05) is 18.3 Å². The molecule has 1 aromatic carbocycles. The summed E-state index contributed by atoms with van der Waals surface area (Å²) in [4.78, 5) is 4.34. The molecule has 0 saturated heterocycles. The summed E-state index contributed by atoms with van der Waals surface area (Å²) in [6, 6.07) is 7.62. The van der Waals surface area contributed by atoms with E-state index in [4.69, 9.17) is 4.74 Å². The van der Waals surface area contributed by atoms with Crippen LogP contribution in [0.1, 0.15) is 51.1 Å². The first-order valence-electron chi connectivity index (χ1n) is 7.43. The highest BCUT2D eigenvalue weighted by atomic mass is 16.5. The van der Waals surface area contributed by atoms with E-state index in [-0.39, 0.29) is 6.10 Å². The van der Waals surface area contributed by atoms with E-state index < -0.39 is 6.10 Å². The maximum atomic E-state index is 10.4. The molecule has 0 fully saturated rings. The first-order valence-corrected chi connectivity index (χ1v) is 7.43. The molecule has 4 heteroatoms. The number of nitrogens with zero attached hydrogens (tertiary/aromatic N) is 2. The van der Waals surface area contributed by atoms with Crippen molar-refractivity contribution in [2.24, 2.45) is 0 Å². The van der Waals surface area contributed by atoms with Gasteiger partial charge in [-0.05, 0) is 31.5 Å². The van der Waals surface area contributed by atoms with E-state index in [2.05, 4.69) is 18.8 Å². The highest BCUT2D eigenvalue weighted by Crippen LogP contribution is 2.21. The minimum absolute atomic E-state index is 0.153. The van der Waals surface area contributed by atoms with Crippen molar-refractivity contribution < 1.29 is 9.84 Å². The fourth-order valence-electron chi connectivity index (χ4n) is 2.31. The van der Waals surface area contributed by atoms with Crippen molar-refractivity contribution in [2.45, 2.75) is 52.4 Å². The number of imidazole rings is 1. The second-order valence-corrected chi connectivity index (χ2v) is 5.84. The van der Waals surface area contributed by atoms with Crippen LogP contribution < -0.4 is 4.74 Å². The van der Waals surface area contributed by atoms with E-state index in [9.17, 15) is 5.11 Å². The van der Waals surface area contributed by atoms with Gasteiger partial charge in [-0.25, -0.2) is 4.98 Å². The lowest BCUT2D eigenvalue weighted by molar-refractivity contribution is 0.154. The summed E-state index contributed by atoms with van der Waals surface area (Å²) in [5.74, 6) is 2.16. The molecule has 114 valence electrons. The highest BCUT2D eigenvalue weighted by molar-refractivity contribution is 5.28. The Morgan fingerprint density at radius 3 is 2.38 bits per heavy atom. The van der Waals surface area contributed by atoms with Gasteiger partial charge in [0.15, 0.2) is 0 Å². The zero-order chi connectivity index (χ0) is 15.4. The molecular weight excluding hydrogens is 264 g/mol. The Hall–Kier alpha value is -1.81. The second kappa shape index (κ2) is 6.76. The normalized spacial score (nSPS) is 12.9. The largest absolute Gasteiger partial charge is 0.491 e. The molecule has 1 aromatic heterocycles. The number of ether oxygens (including phenoxy) is 1. The van der Waals surface area contributed by atoms with Gasteiger partial charge in [-0.15, -0.1) is 0 Å². The van der Waals surface area contributed by atoms with Crippen molar-refractivity contribution in [3.8, 4) is 5.75 Å². The van der Waals surface area contributed by atoms with Crippen LogP contribution in [0.3, 0.4) is 0 Å². The molecule has 2 aromatic rings. The SMILES string of the molecule is CC(C)Oc1ccc(C(O)Cn2ccnc2C(C)C)cc1. The van der Waals surface area contributed by atoms with E-state index in [1.165, 1.54) is 0 Å². The van der Waals surface area contributed by atoms with Crippen molar-refractivity contribution in [3.63, 3.8) is 0 Å². The van der Waals surface area contributed by atoms with Gasteiger partial charge >= 0.3 is 0 Å². The number of hydrogen-bond acceptors (Lipinski definition) is 3. The molecule has 0 radical (unpaired) electrons. The van der Waals surface area contributed by atoms with Gasteiger partial charge in [-0.1, -0.05) is 26.0 Å². The smallest absolute Gasteiger partial charge is 0.119 e. The maximum Gasteiger partial charge on any atom is 0.119 e. The summed E-state index contributed by atoms with van der Waals surface area (Å²) in [6.07, 6.45) is 3.29. The van der Waals surface area contributed by atoms with Crippen LogP contribution in [0.4, 0.5) is 0 Å². The number of rotatable bonds is 6. The fraction of sp³-hybridized carbons (Fsp3) is 0.471. The first-order chi connectivity index (χ1) is 9.97. The summed E-state index contributed by atoms with van der Waals surface area (Å²) in [6.45, 7) is 8.70.